The number of aromatic amines is 1. The maximum absolute atomic E-state index is 11.7. The molecule has 1 saturated heterocycles. The molecule has 0 aromatic carbocycles. The van der Waals surface area contributed by atoms with Gasteiger partial charge < -0.3 is 20.3 Å². The fraction of sp³-hybridized carbons (Fsp3) is 0.562. The summed E-state index contributed by atoms with van der Waals surface area (Å²) in [6.07, 6.45) is 2.33. The predicted molar refractivity (Wildman–Crippen MR) is 98.5 cm³/mol. The molecule has 3 heterocycles. The lowest BCUT2D eigenvalue weighted by Gasteiger charge is -2.47. The standard InChI is InChI=1S/C16H21Cl2N5O2/c1-16(2,3)11-9(5-4-6-23(11)15(24)25)20-13-10-8(17)7-19-12(10)21-14(18)22-13/h7,9,11H,4-6H2,1-3H3,(H,24,25)(H2,19,20,21,22). The van der Waals surface area contributed by atoms with Crippen molar-refractivity contribution in [3.05, 3.63) is 16.5 Å². The summed E-state index contributed by atoms with van der Waals surface area (Å²) in [7, 11) is 0. The van der Waals surface area contributed by atoms with Crippen molar-refractivity contribution < 1.29 is 9.90 Å². The minimum atomic E-state index is -0.906. The number of piperidine rings is 1. The van der Waals surface area contributed by atoms with Crippen LogP contribution in [-0.2, 0) is 0 Å². The molecule has 1 amide bonds. The lowest BCUT2D eigenvalue weighted by molar-refractivity contribution is 0.0519. The van der Waals surface area contributed by atoms with Crippen LogP contribution in [0.4, 0.5) is 10.6 Å². The number of nitrogens with one attached hydrogen (secondary N) is 2. The fourth-order valence-corrected chi connectivity index (χ4v) is 4.08. The number of hydrogen-bond acceptors (Lipinski definition) is 4. The average molecular weight is 386 g/mol. The molecule has 0 bridgehead atoms. The highest BCUT2D eigenvalue weighted by atomic mass is 35.5. The van der Waals surface area contributed by atoms with Crippen LogP contribution in [-0.4, -0.2) is 49.7 Å². The first kappa shape index (κ1) is 18.1. The van der Waals surface area contributed by atoms with Gasteiger partial charge in [-0.15, -0.1) is 0 Å². The van der Waals surface area contributed by atoms with Gasteiger partial charge in [0.25, 0.3) is 0 Å². The summed E-state index contributed by atoms with van der Waals surface area (Å²) in [5, 5.41) is 14.3. The second-order valence-corrected chi connectivity index (χ2v) is 8.13. The Balaban J connectivity index is 2.01. The Morgan fingerprint density at radius 1 is 1.40 bits per heavy atom. The van der Waals surface area contributed by atoms with Gasteiger partial charge in [-0.05, 0) is 29.9 Å². The average Bonchev–Trinajstić information content (AvgIpc) is 2.87. The third-order valence-electron chi connectivity index (χ3n) is 4.54. The quantitative estimate of drug-likeness (QED) is 0.672. The number of likely N-dealkylation sites (tertiary alicyclic amines) is 1. The van der Waals surface area contributed by atoms with Gasteiger partial charge in [0.05, 0.1) is 16.5 Å². The number of fused-ring (bicyclic) bond motifs is 1. The molecule has 136 valence electrons. The third-order valence-corrected chi connectivity index (χ3v) is 5.01. The first-order chi connectivity index (χ1) is 11.7. The normalized spacial score (nSPS) is 21.6. The van der Waals surface area contributed by atoms with E-state index in [9.17, 15) is 9.90 Å². The van der Waals surface area contributed by atoms with Crippen LogP contribution in [0, 0.1) is 5.41 Å². The molecule has 2 aromatic heterocycles. The van der Waals surface area contributed by atoms with E-state index in [4.69, 9.17) is 23.2 Å². The molecule has 9 heteroatoms. The molecule has 0 saturated carbocycles. The minimum Gasteiger partial charge on any atom is -0.465 e. The van der Waals surface area contributed by atoms with Gasteiger partial charge in [-0.2, -0.15) is 9.97 Å². The molecule has 0 spiro atoms. The van der Waals surface area contributed by atoms with E-state index in [2.05, 4.69) is 20.3 Å². The highest BCUT2D eigenvalue weighted by Gasteiger charge is 2.42. The van der Waals surface area contributed by atoms with Crippen molar-refractivity contribution >= 4 is 46.1 Å². The van der Waals surface area contributed by atoms with E-state index < -0.39 is 6.09 Å². The van der Waals surface area contributed by atoms with E-state index in [1.54, 1.807) is 6.20 Å². The Hall–Kier alpha value is -1.73. The molecule has 2 aromatic rings. The molecule has 25 heavy (non-hydrogen) atoms. The first-order valence-corrected chi connectivity index (χ1v) is 8.90. The number of rotatable bonds is 2. The monoisotopic (exact) mass is 385 g/mol. The van der Waals surface area contributed by atoms with Crippen LogP contribution in [0.1, 0.15) is 33.6 Å². The van der Waals surface area contributed by atoms with Crippen molar-refractivity contribution in [3.8, 4) is 0 Å². The minimum absolute atomic E-state index is 0.103. The molecule has 7 nitrogen and oxygen atoms in total. The number of H-pyrrole nitrogens is 1. The van der Waals surface area contributed by atoms with Gasteiger partial charge in [0, 0.05) is 18.8 Å². The maximum Gasteiger partial charge on any atom is 0.407 e. The van der Waals surface area contributed by atoms with Crippen molar-refractivity contribution in [2.75, 3.05) is 11.9 Å². The number of carboxylic acid groups (broad SMARTS) is 1. The van der Waals surface area contributed by atoms with Crippen LogP contribution < -0.4 is 5.32 Å². The van der Waals surface area contributed by atoms with Gasteiger partial charge in [0.2, 0.25) is 5.28 Å². The van der Waals surface area contributed by atoms with Gasteiger partial charge in [0.15, 0.2) is 0 Å². The Kier molecular flexibility index (Phi) is 4.72. The van der Waals surface area contributed by atoms with E-state index in [1.165, 1.54) is 4.90 Å². The molecule has 2 atom stereocenters. The second-order valence-electron chi connectivity index (χ2n) is 7.38. The van der Waals surface area contributed by atoms with Crippen molar-refractivity contribution in [1.29, 1.82) is 0 Å². The van der Waals surface area contributed by atoms with Crippen molar-refractivity contribution in [2.24, 2.45) is 5.41 Å². The van der Waals surface area contributed by atoms with Crippen LogP contribution in [0.25, 0.3) is 11.0 Å². The lowest BCUT2D eigenvalue weighted by Crippen LogP contribution is -2.58. The van der Waals surface area contributed by atoms with Crippen LogP contribution in [0.5, 0.6) is 0 Å². The Labute approximate surface area is 155 Å². The van der Waals surface area contributed by atoms with Crippen molar-refractivity contribution in [3.63, 3.8) is 0 Å². The highest BCUT2D eigenvalue weighted by molar-refractivity contribution is 6.36. The molecular formula is C16H21Cl2N5O2. The molecule has 1 fully saturated rings. The summed E-state index contributed by atoms with van der Waals surface area (Å²) in [5.41, 5.74) is 0.305. The molecular weight excluding hydrogens is 365 g/mol. The topological polar surface area (TPSA) is 94.1 Å². The van der Waals surface area contributed by atoms with Crippen LogP contribution in [0.3, 0.4) is 0 Å². The Morgan fingerprint density at radius 2 is 2.12 bits per heavy atom. The molecule has 1 aliphatic rings. The summed E-state index contributed by atoms with van der Waals surface area (Å²) in [4.78, 5) is 24.6. The van der Waals surface area contributed by atoms with Crippen LogP contribution in [0.2, 0.25) is 10.3 Å². The number of halogens is 2. The van der Waals surface area contributed by atoms with Gasteiger partial charge in [-0.3, -0.25) is 0 Å². The zero-order valence-electron chi connectivity index (χ0n) is 14.3. The number of nitrogens with zero attached hydrogens (tertiary/aromatic N) is 3. The van der Waals surface area contributed by atoms with Gasteiger partial charge in [-0.25, -0.2) is 4.79 Å². The molecule has 3 N–H and O–H groups in total. The number of anilines is 1. The lowest BCUT2D eigenvalue weighted by atomic mass is 9.77. The van der Waals surface area contributed by atoms with Crippen LogP contribution >= 0.6 is 23.2 Å². The molecule has 1 aliphatic heterocycles. The summed E-state index contributed by atoms with van der Waals surface area (Å²) >= 11 is 12.3. The molecule has 2 unspecified atom stereocenters. The predicted octanol–water partition coefficient (Wildman–Crippen LogP) is 4.23. The molecule has 0 aliphatic carbocycles. The van der Waals surface area contributed by atoms with E-state index in [-0.39, 0.29) is 22.8 Å². The van der Waals surface area contributed by atoms with Crippen LogP contribution in [0.15, 0.2) is 6.20 Å². The van der Waals surface area contributed by atoms with Crippen molar-refractivity contribution in [2.45, 2.75) is 45.7 Å². The summed E-state index contributed by atoms with van der Waals surface area (Å²) < 4.78 is 0. The second kappa shape index (κ2) is 6.53. The highest BCUT2D eigenvalue weighted by Crippen LogP contribution is 2.36. The molecule has 0 radical (unpaired) electrons. The van der Waals surface area contributed by atoms with E-state index >= 15 is 0 Å². The fourth-order valence-electron chi connectivity index (χ4n) is 3.68. The molecule has 3 rings (SSSR count). The SMILES string of the molecule is CC(C)(C)C1C(Nc2nc(Cl)nc3[nH]cc(Cl)c23)CCCN1C(=O)O. The number of carbonyl (C=O) groups is 1. The van der Waals surface area contributed by atoms with E-state index in [0.29, 0.717) is 28.4 Å². The van der Waals surface area contributed by atoms with E-state index in [0.717, 1.165) is 12.8 Å². The summed E-state index contributed by atoms with van der Waals surface area (Å²) in [6.45, 7) is 6.65. The van der Waals surface area contributed by atoms with Gasteiger partial charge >= 0.3 is 6.09 Å². The summed E-state index contributed by atoms with van der Waals surface area (Å²) in [5.74, 6) is 0.521. The largest absolute Gasteiger partial charge is 0.465 e. The zero-order chi connectivity index (χ0) is 18.4. The van der Waals surface area contributed by atoms with E-state index in [1.807, 2.05) is 20.8 Å². The Morgan fingerprint density at radius 3 is 2.76 bits per heavy atom. The number of aromatic nitrogens is 3. The van der Waals surface area contributed by atoms with Gasteiger partial charge in [-0.1, -0.05) is 32.4 Å². The number of amides is 1. The summed E-state index contributed by atoms with van der Waals surface area (Å²) in [6, 6.07) is -0.315. The Bertz CT molecular complexity index is 802. The first-order valence-electron chi connectivity index (χ1n) is 8.14. The number of hydrogen-bond donors (Lipinski definition) is 3. The maximum atomic E-state index is 11.7. The smallest absolute Gasteiger partial charge is 0.407 e. The third kappa shape index (κ3) is 3.48. The van der Waals surface area contributed by atoms with Crippen molar-refractivity contribution in [1.82, 2.24) is 19.9 Å². The van der Waals surface area contributed by atoms with Gasteiger partial charge in [0.1, 0.15) is 11.5 Å². The zero-order valence-corrected chi connectivity index (χ0v) is 15.8.